The number of rotatable bonds is 5. The molecule has 0 heterocycles. The van der Waals surface area contributed by atoms with Crippen LogP contribution in [0.25, 0.3) is 6.08 Å². The Labute approximate surface area is 146 Å². The fraction of sp³-hybridized carbons (Fsp3) is 0.0625. The Hall–Kier alpha value is -1.49. The fourth-order valence-electron chi connectivity index (χ4n) is 1.70. The van der Waals surface area contributed by atoms with E-state index in [1.807, 2.05) is 6.07 Å². The quantitative estimate of drug-likeness (QED) is 0.679. The zero-order chi connectivity index (χ0) is 16.1. The third kappa shape index (κ3) is 4.77. The molecule has 2 aromatic carbocycles. The molecule has 0 saturated heterocycles. The van der Waals surface area contributed by atoms with Crippen molar-refractivity contribution in [2.75, 3.05) is 0 Å². The minimum absolute atomic E-state index is 0.347. The lowest BCUT2D eigenvalue weighted by molar-refractivity contribution is -0.131. The van der Waals surface area contributed by atoms with Gasteiger partial charge in [-0.25, -0.2) is 4.79 Å². The Kier molecular flexibility index (Phi) is 5.89. The van der Waals surface area contributed by atoms with E-state index in [0.29, 0.717) is 22.4 Å². The van der Waals surface area contributed by atoms with Crippen LogP contribution in [0, 0.1) is 0 Å². The molecule has 22 heavy (non-hydrogen) atoms. The van der Waals surface area contributed by atoms with Gasteiger partial charge < -0.3 is 9.84 Å². The molecule has 0 unspecified atom stereocenters. The van der Waals surface area contributed by atoms with Gasteiger partial charge in [-0.15, -0.1) is 0 Å². The van der Waals surface area contributed by atoms with Crippen LogP contribution in [0.5, 0.6) is 5.75 Å². The summed E-state index contributed by atoms with van der Waals surface area (Å²) in [4.78, 5) is 10.5. The lowest BCUT2D eigenvalue weighted by atomic mass is 10.2. The standard InChI is InChI=1S/C16H11BrCl2O3/c17-12-7-10(3-6-16(20)21)2-5-15(12)22-9-11-1-4-13(18)14(19)8-11/h1-8H,9H2,(H,20,21)/b6-3+. The van der Waals surface area contributed by atoms with E-state index in [9.17, 15) is 4.79 Å². The number of hydrogen-bond acceptors (Lipinski definition) is 2. The molecule has 0 aromatic heterocycles. The number of carboxylic acids is 1. The van der Waals surface area contributed by atoms with Crippen LogP contribution in [0.1, 0.15) is 11.1 Å². The van der Waals surface area contributed by atoms with Crippen LogP contribution in [0.4, 0.5) is 0 Å². The smallest absolute Gasteiger partial charge is 0.328 e. The van der Waals surface area contributed by atoms with Gasteiger partial charge in [-0.05, 0) is 57.4 Å². The van der Waals surface area contributed by atoms with Crippen molar-refractivity contribution in [3.8, 4) is 5.75 Å². The molecule has 6 heteroatoms. The summed E-state index contributed by atoms with van der Waals surface area (Å²) < 4.78 is 6.45. The van der Waals surface area contributed by atoms with E-state index in [2.05, 4.69) is 15.9 Å². The number of carboxylic acid groups (broad SMARTS) is 1. The molecule has 0 aliphatic carbocycles. The highest BCUT2D eigenvalue weighted by Gasteiger charge is 2.04. The van der Waals surface area contributed by atoms with Gasteiger partial charge >= 0.3 is 5.97 Å². The van der Waals surface area contributed by atoms with E-state index < -0.39 is 5.97 Å². The average molecular weight is 402 g/mol. The van der Waals surface area contributed by atoms with Gasteiger partial charge in [-0.2, -0.15) is 0 Å². The van der Waals surface area contributed by atoms with Gasteiger partial charge in [0, 0.05) is 6.08 Å². The largest absolute Gasteiger partial charge is 0.488 e. The topological polar surface area (TPSA) is 46.5 Å². The molecule has 0 atom stereocenters. The van der Waals surface area contributed by atoms with Crippen molar-refractivity contribution in [2.24, 2.45) is 0 Å². The first kappa shape index (κ1) is 16.9. The highest BCUT2D eigenvalue weighted by Crippen LogP contribution is 2.28. The monoisotopic (exact) mass is 400 g/mol. The summed E-state index contributed by atoms with van der Waals surface area (Å²) in [5.74, 6) is -0.338. The van der Waals surface area contributed by atoms with Crippen molar-refractivity contribution >= 4 is 51.2 Å². The highest BCUT2D eigenvalue weighted by atomic mass is 79.9. The summed E-state index contributed by atoms with van der Waals surface area (Å²) in [5.41, 5.74) is 1.66. The Morgan fingerprint density at radius 1 is 1.18 bits per heavy atom. The molecule has 0 radical (unpaired) electrons. The van der Waals surface area contributed by atoms with Crippen molar-refractivity contribution in [1.82, 2.24) is 0 Å². The van der Waals surface area contributed by atoms with Gasteiger partial charge in [0.1, 0.15) is 12.4 Å². The third-order valence-electron chi connectivity index (χ3n) is 2.75. The van der Waals surface area contributed by atoms with Gasteiger partial charge in [0.05, 0.1) is 14.5 Å². The summed E-state index contributed by atoms with van der Waals surface area (Å²) in [6, 6.07) is 10.6. The van der Waals surface area contributed by atoms with Gasteiger partial charge in [-0.1, -0.05) is 35.3 Å². The van der Waals surface area contributed by atoms with E-state index in [-0.39, 0.29) is 0 Å². The second-order valence-electron chi connectivity index (χ2n) is 4.40. The van der Waals surface area contributed by atoms with Crippen LogP contribution in [0.2, 0.25) is 10.0 Å². The SMILES string of the molecule is O=C(O)/C=C/c1ccc(OCc2ccc(Cl)c(Cl)c2)c(Br)c1. The molecule has 3 nitrogen and oxygen atoms in total. The molecule has 2 aromatic rings. The lowest BCUT2D eigenvalue weighted by Crippen LogP contribution is -1.96. The van der Waals surface area contributed by atoms with Crippen LogP contribution in [-0.2, 0) is 11.4 Å². The third-order valence-corrected chi connectivity index (χ3v) is 4.11. The van der Waals surface area contributed by atoms with Gasteiger partial charge in [0.2, 0.25) is 0 Å². The van der Waals surface area contributed by atoms with Crippen molar-refractivity contribution in [3.63, 3.8) is 0 Å². The normalized spacial score (nSPS) is 10.9. The molecule has 2 rings (SSSR count). The van der Waals surface area contributed by atoms with Gasteiger partial charge in [-0.3, -0.25) is 0 Å². The lowest BCUT2D eigenvalue weighted by Gasteiger charge is -2.09. The zero-order valence-corrected chi connectivity index (χ0v) is 14.3. The molecular formula is C16H11BrCl2O3. The number of aliphatic carboxylic acids is 1. The predicted molar refractivity (Wildman–Crippen MR) is 91.6 cm³/mol. The van der Waals surface area contributed by atoms with E-state index in [4.69, 9.17) is 33.0 Å². The maximum Gasteiger partial charge on any atom is 0.328 e. The molecule has 0 bridgehead atoms. The van der Waals surface area contributed by atoms with E-state index in [1.165, 1.54) is 6.08 Å². The number of benzene rings is 2. The van der Waals surface area contributed by atoms with Crippen LogP contribution >= 0.6 is 39.1 Å². The molecular weight excluding hydrogens is 391 g/mol. The molecule has 0 spiro atoms. The van der Waals surface area contributed by atoms with Gasteiger partial charge in [0.25, 0.3) is 0 Å². The minimum atomic E-state index is -0.990. The highest BCUT2D eigenvalue weighted by molar-refractivity contribution is 9.10. The van der Waals surface area contributed by atoms with E-state index in [1.54, 1.807) is 30.3 Å². The number of halogens is 3. The molecule has 0 aliphatic rings. The van der Waals surface area contributed by atoms with Crippen LogP contribution in [0.15, 0.2) is 46.9 Å². The van der Waals surface area contributed by atoms with Crippen molar-refractivity contribution < 1.29 is 14.6 Å². The first-order valence-electron chi connectivity index (χ1n) is 6.23. The fourth-order valence-corrected chi connectivity index (χ4v) is 2.53. The first-order valence-corrected chi connectivity index (χ1v) is 7.78. The average Bonchev–Trinajstić information content (AvgIpc) is 2.47. The molecule has 0 aliphatic heterocycles. The summed E-state index contributed by atoms with van der Waals surface area (Å²) in [5, 5.41) is 9.59. The van der Waals surface area contributed by atoms with Gasteiger partial charge in [0.15, 0.2) is 0 Å². The van der Waals surface area contributed by atoms with Crippen LogP contribution in [-0.4, -0.2) is 11.1 Å². The van der Waals surface area contributed by atoms with Crippen molar-refractivity contribution in [3.05, 3.63) is 68.1 Å². The Morgan fingerprint density at radius 3 is 2.59 bits per heavy atom. The second kappa shape index (κ2) is 7.68. The first-order chi connectivity index (χ1) is 10.5. The van der Waals surface area contributed by atoms with Crippen molar-refractivity contribution in [2.45, 2.75) is 6.61 Å². The maximum absolute atomic E-state index is 10.5. The number of hydrogen-bond donors (Lipinski definition) is 1. The van der Waals surface area contributed by atoms with Crippen LogP contribution < -0.4 is 4.74 Å². The molecule has 0 fully saturated rings. The predicted octanol–water partition coefficient (Wildman–Crippen LogP) is 5.43. The van der Waals surface area contributed by atoms with E-state index in [0.717, 1.165) is 21.7 Å². The summed E-state index contributed by atoms with van der Waals surface area (Å²) in [6.45, 7) is 0.347. The summed E-state index contributed by atoms with van der Waals surface area (Å²) >= 11 is 15.2. The number of ether oxygens (including phenoxy) is 1. The van der Waals surface area contributed by atoms with Crippen molar-refractivity contribution in [1.29, 1.82) is 0 Å². The Morgan fingerprint density at radius 2 is 1.95 bits per heavy atom. The van der Waals surface area contributed by atoms with Crippen LogP contribution in [0.3, 0.4) is 0 Å². The Balaban J connectivity index is 2.06. The van der Waals surface area contributed by atoms with E-state index >= 15 is 0 Å². The molecule has 1 N–H and O–H groups in total. The maximum atomic E-state index is 10.5. The second-order valence-corrected chi connectivity index (χ2v) is 6.07. The minimum Gasteiger partial charge on any atom is -0.488 e. The molecule has 114 valence electrons. The molecule has 0 saturated carbocycles. The summed E-state index contributed by atoms with van der Waals surface area (Å²) in [7, 11) is 0. The number of carbonyl (C=O) groups is 1. The zero-order valence-electron chi connectivity index (χ0n) is 11.2. The Bertz CT molecular complexity index is 729. The molecule has 0 amide bonds. The summed E-state index contributed by atoms with van der Waals surface area (Å²) in [6.07, 6.45) is 2.59.